The quantitative estimate of drug-likeness (QED) is 0.927. The van der Waals surface area contributed by atoms with Gasteiger partial charge in [0, 0.05) is 25.2 Å². The minimum Gasteiger partial charge on any atom is -0.353 e. The van der Waals surface area contributed by atoms with Gasteiger partial charge in [0.2, 0.25) is 5.91 Å². The molecule has 1 heterocycles. The van der Waals surface area contributed by atoms with Crippen molar-refractivity contribution in [2.24, 2.45) is 0 Å². The first-order valence-corrected chi connectivity index (χ1v) is 8.80. The van der Waals surface area contributed by atoms with Crippen molar-refractivity contribution < 1.29 is 4.79 Å². The third-order valence-electron chi connectivity index (χ3n) is 5.35. The van der Waals surface area contributed by atoms with Gasteiger partial charge >= 0.3 is 0 Å². The third-order valence-corrected chi connectivity index (χ3v) is 5.35. The van der Waals surface area contributed by atoms with Gasteiger partial charge in [0.05, 0.1) is 6.42 Å². The van der Waals surface area contributed by atoms with Crippen LogP contribution in [0.25, 0.3) is 0 Å². The van der Waals surface area contributed by atoms with Crippen molar-refractivity contribution in [2.45, 2.75) is 64.0 Å². The second-order valence-corrected chi connectivity index (χ2v) is 6.92. The van der Waals surface area contributed by atoms with E-state index in [1.54, 1.807) is 0 Å². The first-order valence-electron chi connectivity index (χ1n) is 8.80. The number of benzene rings is 1. The summed E-state index contributed by atoms with van der Waals surface area (Å²) in [5.41, 5.74) is 2.34. The maximum atomic E-state index is 12.2. The Balaban J connectivity index is 1.44. The van der Waals surface area contributed by atoms with Crippen LogP contribution in [0.1, 0.15) is 49.7 Å². The molecule has 0 unspecified atom stereocenters. The van der Waals surface area contributed by atoms with E-state index >= 15 is 0 Å². The van der Waals surface area contributed by atoms with Gasteiger partial charge in [-0.25, -0.2) is 0 Å². The van der Waals surface area contributed by atoms with Crippen LogP contribution in [-0.4, -0.2) is 36.0 Å². The van der Waals surface area contributed by atoms with Crippen LogP contribution in [0.3, 0.4) is 0 Å². The van der Waals surface area contributed by atoms with E-state index in [1.165, 1.54) is 31.2 Å². The van der Waals surface area contributed by atoms with Crippen LogP contribution in [0.5, 0.6) is 0 Å². The van der Waals surface area contributed by atoms with Crippen molar-refractivity contribution in [1.82, 2.24) is 10.2 Å². The molecule has 0 radical (unpaired) electrons. The Morgan fingerprint density at radius 2 is 1.82 bits per heavy atom. The van der Waals surface area contributed by atoms with Gasteiger partial charge in [-0.3, -0.25) is 4.79 Å². The van der Waals surface area contributed by atoms with Crippen molar-refractivity contribution >= 4 is 5.91 Å². The number of nitrogens with zero attached hydrogens (tertiary/aromatic N) is 1. The van der Waals surface area contributed by atoms with E-state index in [0.29, 0.717) is 12.5 Å². The predicted octanol–water partition coefficient (Wildman–Crippen LogP) is 3.06. The van der Waals surface area contributed by atoms with Crippen molar-refractivity contribution in [2.75, 3.05) is 13.1 Å². The van der Waals surface area contributed by atoms with Crippen molar-refractivity contribution in [3.05, 3.63) is 35.4 Å². The molecule has 22 heavy (non-hydrogen) atoms. The highest BCUT2D eigenvalue weighted by atomic mass is 16.1. The molecule has 1 saturated carbocycles. The molecule has 1 N–H and O–H groups in total. The van der Waals surface area contributed by atoms with Crippen molar-refractivity contribution in [3.8, 4) is 0 Å². The maximum Gasteiger partial charge on any atom is 0.224 e. The highest BCUT2D eigenvalue weighted by molar-refractivity contribution is 5.79. The summed E-state index contributed by atoms with van der Waals surface area (Å²) in [7, 11) is 0. The maximum absolute atomic E-state index is 12.2. The molecule has 120 valence electrons. The molecule has 1 aromatic carbocycles. The molecule has 1 amide bonds. The summed E-state index contributed by atoms with van der Waals surface area (Å²) in [4.78, 5) is 14.9. The number of amides is 1. The highest BCUT2D eigenvalue weighted by Crippen LogP contribution is 2.26. The van der Waals surface area contributed by atoms with Crippen molar-refractivity contribution in [3.63, 3.8) is 0 Å². The van der Waals surface area contributed by atoms with E-state index in [0.717, 1.165) is 37.5 Å². The smallest absolute Gasteiger partial charge is 0.224 e. The van der Waals surface area contributed by atoms with Gasteiger partial charge in [0.25, 0.3) is 0 Å². The Morgan fingerprint density at radius 3 is 2.50 bits per heavy atom. The number of rotatable bonds is 4. The van der Waals surface area contributed by atoms with Gasteiger partial charge in [-0.1, -0.05) is 37.1 Å². The first-order chi connectivity index (χ1) is 10.7. The summed E-state index contributed by atoms with van der Waals surface area (Å²) in [5, 5.41) is 3.24. The third kappa shape index (κ3) is 3.89. The van der Waals surface area contributed by atoms with Crippen molar-refractivity contribution in [1.29, 1.82) is 0 Å². The summed E-state index contributed by atoms with van der Waals surface area (Å²) in [6, 6.07) is 9.35. The SMILES string of the molecule is Cc1ccccc1CC(=O)NC1CCN(C2CCCC2)CC1. The topological polar surface area (TPSA) is 32.3 Å². The summed E-state index contributed by atoms with van der Waals surface area (Å²) in [6.07, 6.45) is 8.28. The lowest BCUT2D eigenvalue weighted by Crippen LogP contribution is -2.47. The van der Waals surface area contributed by atoms with Crippen LogP contribution in [0.2, 0.25) is 0 Å². The van der Waals surface area contributed by atoms with Gasteiger partial charge < -0.3 is 10.2 Å². The van der Waals surface area contributed by atoms with E-state index < -0.39 is 0 Å². The number of aryl methyl sites for hydroxylation is 1. The zero-order chi connectivity index (χ0) is 15.4. The van der Waals surface area contributed by atoms with E-state index in [-0.39, 0.29) is 5.91 Å². The van der Waals surface area contributed by atoms with Gasteiger partial charge in [-0.2, -0.15) is 0 Å². The number of piperidine rings is 1. The predicted molar refractivity (Wildman–Crippen MR) is 89.9 cm³/mol. The number of carbonyl (C=O) groups excluding carboxylic acids is 1. The zero-order valence-electron chi connectivity index (χ0n) is 13.7. The van der Waals surface area contributed by atoms with Crippen LogP contribution < -0.4 is 5.32 Å². The van der Waals surface area contributed by atoms with Crippen LogP contribution in [0.15, 0.2) is 24.3 Å². The van der Waals surface area contributed by atoms with Gasteiger partial charge in [0.1, 0.15) is 0 Å². The Kier molecular flexibility index (Phi) is 5.14. The molecular weight excluding hydrogens is 272 g/mol. The largest absolute Gasteiger partial charge is 0.353 e. The van der Waals surface area contributed by atoms with Crippen LogP contribution in [0.4, 0.5) is 0 Å². The lowest BCUT2D eigenvalue weighted by Gasteiger charge is -2.36. The van der Waals surface area contributed by atoms with E-state index in [9.17, 15) is 4.79 Å². The Bertz CT molecular complexity index is 500. The molecule has 0 spiro atoms. The molecule has 3 nitrogen and oxygen atoms in total. The molecular formula is C19H28N2O. The molecule has 1 aliphatic heterocycles. The van der Waals surface area contributed by atoms with Crippen LogP contribution >= 0.6 is 0 Å². The lowest BCUT2D eigenvalue weighted by atomic mass is 10.0. The summed E-state index contributed by atoms with van der Waals surface area (Å²) in [5.74, 6) is 0.175. The standard InChI is InChI=1S/C19H28N2O/c1-15-6-2-3-7-16(15)14-19(22)20-17-10-12-21(13-11-17)18-8-4-5-9-18/h2-3,6-7,17-18H,4-5,8-14H2,1H3,(H,20,22). The second kappa shape index (κ2) is 7.28. The van der Waals surface area contributed by atoms with E-state index in [4.69, 9.17) is 0 Å². The first kappa shape index (κ1) is 15.5. The fraction of sp³-hybridized carbons (Fsp3) is 0.632. The summed E-state index contributed by atoms with van der Waals surface area (Å²) >= 11 is 0. The van der Waals surface area contributed by atoms with Crippen LogP contribution in [0, 0.1) is 6.92 Å². The number of likely N-dealkylation sites (tertiary alicyclic amines) is 1. The molecule has 0 atom stereocenters. The monoisotopic (exact) mass is 300 g/mol. The molecule has 3 rings (SSSR count). The average Bonchev–Trinajstić information content (AvgIpc) is 3.05. The molecule has 1 aliphatic carbocycles. The molecule has 0 bridgehead atoms. The number of hydrogen-bond donors (Lipinski definition) is 1. The number of carbonyl (C=O) groups is 1. The number of nitrogens with one attached hydrogen (secondary N) is 1. The Labute approximate surface area is 134 Å². The Hall–Kier alpha value is -1.35. The fourth-order valence-corrected chi connectivity index (χ4v) is 3.94. The zero-order valence-corrected chi connectivity index (χ0v) is 13.7. The van der Waals surface area contributed by atoms with Crippen LogP contribution in [-0.2, 0) is 11.2 Å². The Morgan fingerprint density at radius 1 is 1.14 bits per heavy atom. The molecule has 1 aromatic rings. The van der Waals surface area contributed by atoms with E-state index in [2.05, 4.69) is 29.3 Å². The second-order valence-electron chi connectivity index (χ2n) is 6.92. The molecule has 2 fully saturated rings. The van der Waals surface area contributed by atoms with E-state index in [1.807, 2.05) is 12.1 Å². The minimum atomic E-state index is 0.175. The molecule has 0 aromatic heterocycles. The summed E-state index contributed by atoms with van der Waals surface area (Å²) in [6.45, 7) is 4.38. The highest BCUT2D eigenvalue weighted by Gasteiger charge is 2.27. The fourth-order valence-electron chi connectivity index (χ4n) is 3.94. The normalized spacial score (nSPS) is 21.1. The van der Waals surface area contributed by atoms with Gasteiger partial charge in [-0.05, 0) is 43.7 Å². The molecule has 1 saturated heterocycles. The minimum absolute atomic E-state index is 0.175. The molecule has 2 aliphatic rings. The van der Waals surface area contributed by atoms with Gasteiger partial charge in [0.15, 0.2) is 0 Å². The molecule has 3 heteroatoms. The lowest BCUT2D eigenvalue weighted by molar-refractivity contribution is -0.121. The number of hydrogen-bond acceptors (Lipinski definition) is 2. The van der Waals surface area contributed by atoms with Gasteiger partial charge in [-0.15, -0.1) is 0 Å². The average molecular weight is 300 g/mol. The summed E-state index contributed by atoms with van der Waals surface area (Å²) < 4.78 is 0.